The first-order valence-electron chi connectivity index (χ1n) is 6.09. The van der Waals surface area contributed by atoms with Crippen LogP contribution in [0.25, 0.3) is 0 Å². The Balaban J connectivity index is 2.11. The second-order valence-corrected chi connectivity index (χ2v) is 4.69. The minimum absolute atomic E-state index is 0.0770. The van der Waals surface area contributed by atoms with Crippen molar-refractivity contribution >= 4 is 5.91 Å². The monoisotopic (exact) mass is 236 g/mol. The van der Waals surface area contributed by atoms with Crippen LogP contribution >= 0.6 is 0 Å². The van der Waals surface area contributed by atoms with Crippen LogP contribution in [0.4, 0.5) is 0 Å². The molecule has 0 aromatic carbocycles. The minimum atomic E-state index is -0.0770. The lowest BCUT2D eigenvalue weighted by molar-refractivity contribution is -0.132. The summed E-state index contributed by atoms with van der Waals surface area (Å²) in [5.41, 5.74) is 2.08. The highest BCUT2D eigenvalue weighted by molar-refractivity contribution is 5.81. The summed E-state index contributed by atoms with van der Waals surface area (Å²) in [5.74, 6) is 0.182. The molecule has 17 heavy (non-hydrogen) atoms. The van der Waals surface area contributed by atoms with Crippen LogP contribution in [0.1, 0.15) is 24.7 Å². The number of hydrogen-bond acceptors (Lipinski definition) is 3. The summed E-state index contributed by atoms with van der Waals surface area (Å²) in [6, 6.07) is 1.96. The molecule has 1 atom stereocenters. The fraction of sp³-hybridized carbons (Fsp3) is 0.667. The van der Waals surface area contributed by atoms with E-state index in [4.69, 9.17) is 0 Å². The molecule has 0 aliphatic carbocycles. The van der Waals surface area contributed by atoms with Gasteiger partial charge in [-0.2, -0.15) is 5.10 Å². The van der Waals surface area contributed by atoms with E-state index in [-0.39, 0.29) is 11.9 Å². The molecule has 1 saturated heterocycles. The van der Waals surface area contributed by atoms with E-state index in [2.05, 4.69) is 10.4 Å². The van der Waals surface area contributed by atoms with Crippen molar-refractivity contribution in [3.8, 4) is 0 Å². The Bertz CT molecular complexity index is 413. The predicted molar refractivity (Wildman–Crippen MR) is 65.4 cm³/mol. The molecule has 2 heterocycles. The lowest BCUT2D eigenvalue weighted by Crippen LogP contribution is -2.41. The second-order valence-electron chi connectivity index (χ2n) is 4.69. The lowest BCUT2D eigenvalue weighted by atomic mass is 10.2. The van der Waals surface area contributed by atoms with Gasteiger partial charge in [-0.3, -0.25) is 9.48 Å². The van der Waals surface area contributed by atoms with Gasteiger partial charge in [0.2, 0.25) is 5.91 Å². The molecule has 1 aliphatic heterocycles. The normalized spacial score (nSPS) is 21.7. The van der Waals surface area contributed by atoms with Crippen LogP contribution in [0.3, 0.4) is 0 Å². The molecule has 5 heteroatoms. The number of aryl methyl sites for hydroxylation is 2. The van der Waals surface area contributed by atoms with E-state index in [1.54, 1.807) is 0 Å². The molecule has 1 amide bonds. The van der Waals surface area contributed by atoms with Crippen LogP contribution < -0.4 is 5.32 Å². The fourth-order valence-electron chi connectivity index (χ4n) is 2.22. The van der Waals surface area contributed by atoms with E-state index in [1.165, 1.54) is 0 Å². The number of nitrogens with one attached hydrogen (secondary N) is 1. The number of amides is 1. The van der Waals surface area contributed by atoms with Crippen molar-refractivity contribution < 1.29 is 4.79 Å². The Labute approximate surface area is 102 Å². The van der Waals surface area contributed by atoms with Crippen molar-refractivity contribution in [3.63, 3.8) is 0 Å². The Hall–Kier alpha value is -1.36. The minimum Gasteiger partial charge on any atom is -0.335 e. The fourth-order valence-corrected chi connectivity index (χ4v) is 2.22. The van der Waals surface area contributed by atoms with Crippen molar-refractivity contribution in [2.45, 2.75) is 32.9 Å². The van der Waals surface area contributed by atoms with Crippen molar-refractivity contribution in [1.82, 2.24) is 20.0 Å². The number of rotatable bonds is 2. The molecule has 1 fully saturated rings. The highest BCUT2D eigenvalue weighted by Gasteiger charge is 2.23. The third-order valence-corrected chi connectivity index (χ3v) is 3.19. The van der Waals surface area contributed by atoms with E-state index in [1.807, 2.05) is 36.5 Å². The Morgan fingerprint density at radius 2 is 2.35 bits per heavy atom. The van der Waals surface area contributed by atoms with Gasteiger partial charge in [0.05, 0.1) is 24.0 Å². The zero-order valence-electron chi connectivity index (χ0n) is 10.7. The molecule has 1 unspecified atom stereocenters. The molecule has 0 spiro atoms. The SMILES string of the molecule is Cc1cc(CN2CCCNC(C)C2=O)n(C)n1. The maximum atomic E-state index is 12.1. The Morgan fingerprint density at radius 3 is 3.00 bits per heavy atom. The van der Waals surface area contributed by atoms with Gasteiger partial charge < -0.3 is 10.2 Å². The smallest absolute Gasteiger partial charge is 0.239 e. The molecule has 0 bridgehead atoms. The first-order chi connectivity index (χ1) is 8.08. The molecule has 2 rings (SSSR count). The molecule has 1 aromatic rings. The summed E-state index contributed by atoms with van der Waals surface area (Å²) in [4.78, 5) is 14.0. The quantitative estimate of drug-likeness (QED) is 0.810. The van der Waals surface area contributed by atoms with E-state index in [0.29, 0.717) is 6.54 Å². The van der Waals surface area contributed by atoms with Crippen molar-refractivity contribution in [3.05, 3.63) is 17.5 Å². The van der Waals surface area contributed by atoms with E-state index in [9.17, 15) is 4.79 Å². The topological polar surface area (TPSA) is 50.2 Å². The zero-order valence-corrected chi connectivity index (χ0v) is 10.7. The van der Waals surface area contributed by atoms with E-state index < -0.39 is 0 Å². The highest BCUT2D eigenvalue weighted by Crippen LogP contribution is 2.10. The van der Waals surface area contributed by atoms with Gasteiger partial charge in [-0.25, -0.2) is 0 Å². The van der Waals surface area contributed by atoms with Gasteiger partial charge in [-0.15, -0.1) is 0 Å². The summed E-state index contributed by atoms with van der Waals surface area (Å²) in [6.45, 7) is 6.28. The standard InChI is InChI=1S/C12H20N4O/c1-9-7-11(15(3)14-9)8-16-6-4-5-13-10(2)12(16)17/h7,10,13H,4-6,8H2,1-3H3. The average molecular weight is 236 g/mol. The highest BCUT2D eigenvalue weighted by atomic mass is 16.2. The molecule has 0 radical (unpaired) electrons. The van der Waals surface area contributed by atoms with Gasteiger partial charge in [0.15, 0.2) is 0 Å². The summed E-state index contributed by atoms with van der Waals surface area (Å²) >= 11 is 0. The van der Waals surface area contributed by atoms with E-state index in [0.717, 1.165) is 30.9 Å². The third-order valence-electron chi connectivity index (χ3n) is 3.19. The number of hydrogen-bond donors (Lipinski definition) is 1. The summed E-state index contributed by atoms with van der Waals surface area (Å²) in [5, 5.41) is 7.52. The third kappa shape index (κ3) is 2.66. The van der Waals surface area contributed by atoms with Crippen LogP contribution in [0.2, 0.25) is 0 Å². The van der Waals surface area contributed by atoms with Gasteiger partial charge in [-0.1, -0.05) is 0 Å². The lowest BCUT2D eigenvalue weighted by Gasteiger charge is -2.22. The van der Waals surface area contributed by atoms with Crippen LogP contribution in [0.5, 0.6) is 0 Å². The summed E-state index contributed by atoms with van der Waals surface area (Å²) < 4.78 is 1.85. The Morgan fingerprint density at radius 1 is 1.59 bits per heavy atom. The first-order valence-corrected chi connectivity index (χ1v) is 6.09. The maximum Gasteiger partial charge on any atom is 0.239 e. The predicted octanol–water partition coefficient (Wildman–Crippen LogP) is 0.439. The molecule has 1 aromatic heterocycles. The van der Waals surface area contributed by atoms with Crippen LogP contribution in [0.15, 0.2) is 6.07 Å². The number of carbonyl (C=O) groups is 1. The number of nitrogens with zero attached hydrogens (tertiary/aromatic N) is 3. The van der Waals surface area contributed by atoms with Crippen LogP contribution in [-0.2, 0) is 18.4 Å². The zero-order chi connectivity index (χ0) is 12.4. The molecular weight excluding hydrogens is 216 g/mol. The molecular formula is C12H20N4O. The maximum absolute atomic E-state index is 12.1. The van der Waals surface area contributed by atoms with Gasteiger partial charge in [0.25, 0.3) is 0 Å². The second kappa shape index (κ2) is 4.87. The molecule has 1 aliphatic rings. The van der Waals surface area contributed by atoms with Crippen molar-refractivity contribution in [1.29, 1.82) is 0 Å². The summed E-state index contributed by atoms with van der Waals surface area (Å²) in [7, 11) is 1.92. The van der Waals surface area contributed by atoms with Gasteiger partial charge in [0.1, 0.15) is 0 Å². The van der Waals surface area contributed by atoms with Crippen LogP contribution in [-0.4, -0.2) is 39.7 Å². The first kappa shape index (κ1) is 12.1. The molecule has 5 nitrogen and oxygen atoms in total. The largest absolute Gasteiger partial charge is 0.335 e. The van der Waals surface area contributed by atoms with Gasteiger partial charge in [-0.05, 0) is 32.9 Å². The summed E-state index contributed by atoms with van der Waals surface area (Å²) in [6.07, 6.45) is 1.01. The molecule has 0 saturated carbocycles. The number of aromatic nitrogens is 2. The van der Waals surface area contributed by atoms with E-state index >= 15 is 0 Å². The van der Waals surface area contributed by atoms with Gasteiger partial charge in [0, 0.05) is 13.6 Å². The molecule has 94 valence electrons. The molecule has 1 N–H and O–H groups in total. The van der Waals surface area contributed by atoms with Gasteiger partial charge >= 0.3 is 0 Å². The average Bonchev–Trinajstić information content (AvgIpc) is 2.51. The van der Waals surface area contributed by atoms with Crippen molar-refractivity contribution in [2.75, 3.05) is 13.1 Å². The van der Waals surface area contributed by atoms with Crippen molar-refractivity contribution in [2.24, 2.45) is 7.05 Å². The van der Waals surface area contributed by atoms with Crippen LogP contribution in [0, 0.1) is 6.92 Å². The number of carbonyl (C=O) groups excluding carboxylic acids is 1. The Kier molecular flexibility index (Phi) is 3.47.